The predicted molar refractivity (Wildman–Crippen MR) is 86.0 cm³/mol. The molecule has 0 saturated heterocycles. The fraction of sp³-hybridized carbons (Fsp3) is 0.643. The molecule has 1 amide bonds. The molecule has 1 heterocycles. The maximum Gasteiger partial charge on any atom is 0.255 e. The number of sulfonamides is 1. The highest BCUT2D eigenvalue weighted by Gasteiger charge is 2.25. The summed E-state index contributed by atoms with van der Waals surface area (Å²) in [6.45, 7) is 11.1. The van der Waals surface area contributed by atoms with Crippen LogP contribution in [0.15, 0.2) is 9.59 Å². The van der Waals surface area contributed by atoms with Gasteiger partial charge >= 0.3 is 0 Å². The molecular weight excluding hydrogens is 308 g/mol. The van der Waals surface area contributed by atoms with Crippen LogP contribution in [-0.4, -0.2) is 32.3 Å². The Balaban J connectivity index is 3.12. The summed E-state index contributed by atoms with van der Waals surface area (Å²) in [5.41, 5.74) is 0.885. The van der Waals surface area contributed by atoms with Gasteiger partial charge in [-0.15, -0.1) is 11.3 Å². The van der Waals surface area contributed by atoms with E-state index in [9.17, 15) is 13.2 Å². The van der Waals surface area contributed by atoms with Gasteiger partial charge in [-0.2, -0.15) is 0 Å². The van der Waals surface area contributed by atoms with Crippen LogP contribution in [0.4, 0.5) is 0 Å². The zero-order valence-corrected chi connectivity index (χ0v) is 14.8. The van der Waals surface area contributed by atoms with Crippen LogP contribution in [0.3, 0.4) is 0 Å². The highest BCUT2D eigenvalue weighted by Crippen LogP contribution is 2.27. The topological polar surface area (TPSA) is 80.5 Å². The van der Waals surface area contributed by atoms with Crippen molar-refractivity contribution in [2.75, 3.05) is 13.1 Å². The van der Waals surface area contributed by atoms with Crippen LogP contribution in [0, 0.1) is 18.8 Å². The Bertz CT molecular complexity index is 594. The smallest absolute Gasteiger partial charge is 0.255 e. The number of thiophene rings is 1. The summed E-state index contributed by atoms with van der Waals surface area (Å²) in [4.78, 5) is 14.5. The van der Waals surface area contributed by atoms with E-state index in [1.165, 1.54) is 0 Å². The lowest BCUT2D eigenvalue weighted by atomic mass is 10.1. The fourth-order valence-corrected chi connectivity index (χ4v) is 4.19. The predicted octanol–water partition coefficient (Wildman–Crippen LogP) is 2.46. The van der Waals surface area contributed by atoms with Gasteiger partial charge in [0, 0.05) is 18.5 Å². The molecule has 0 bridgehead atoms. The maximum atomic E-state index is 12.7. The van der Waals surface area contributed by atoms with Crippen molar-refractivity contribution in [1.29, 1.82) is 0 Å². The lowest BCUT2D eigenvalue weighted by molar-refractivity contribution is 0.0715. The number of amides is 1. The molecule has 0 spiro atoms. The minimum atomic E-state index is -3.77. The molecule has 120 valence electrons. The number of hydrogen-bond acceptors (Lipinski definition) is 4. The molecule has 2 N–H and O–H groups in total. The Kier molecular flexibility index (Phi) is 5.95. The van der Waals surface area contributed by atoms with Gasteiger partial charge in [-0.3, -0.25) is 4.79 Å². The first kappa shape index (κ1) is 18.1. The van der Waals surface area contributed by atoms with Crippen LogP contribution in [-0.2, 0) is 10.0 Å². The third-order valence-electron chi connectivity index (χ3n) is 2.94. The molecule has 1 aromatic rings. The van der Waals surface area contributed by atoms with Crippen LogP contribution in [0.5, 0.6) is 0 Å². The van der Waals surface area contributed by atoms with E-state index in [0.717, 1.165) is 11.3 Å². The standard InChI is InChI=1S/C14H24N2O3S2/c1-9(2)6-16(7-10(3)4)13(17)12-8-20-14(11(12)5)21(15,18)19/h8-10H,6-7H2,1-5H3,(H2,15,18,19). The number of hydrogen-bond donors (Lipinski definition) is 1. The number of rotatable bonds is 6. The van der Waals surface area contributed by atoms with Gasteiger partial charge in [0.15, 0.2) is 0 Å². The van der Waals surface area contributed by atoms with E-state index in [4.69, 9.17) is 5.14 Å². The Hall–Kier alpha value is -0.920. The van der Waals surface area contributed by atoms with Crippen LogP contribution >= 0.6 is 11.3 Å². The molecule has 0 aromatic carbocycles. The second-order valence-corrected chi connectivity index (χ2v) is 8.74. The number of nitrogens with two attached hydrogens (primary N) is 1. The van der Waals surface area contributed by atoms with Gasteiger partial charge in [-0.05, 0) is 24.3 Å². The van der Waals surface area contributed by atoms with Gasteiger partial charge in [0.1, 0.15) is 4.21 Å². The summed E-state index contributed by atoms with van der Waals surface area (Å²) in [5, 5.41) is 6.75. The molecule has 0 fully saturated rings. The molecule has 0 radical (unpaired) electrons. The molecule has 21 heavy (non-hydrogen) atoms. The van der Waals surface area contributed by atoms with Crippen molar-refractivity contribution in [2.45, 2.75) is 38.8 Å². The molecule has 0 aliphatic heterocycles. The molecule has 0 saturated carbocycles. The fourth-order valence-electron chi connectivity index (χ4n) is 2.18. The van der Waals surface area contributed by atoms with E-state index in [1.54, 1.807) is 17.2 Å². The van der Waals surface area contributed by atoms with E-state index in [2.05, 4.69) is 27.7 Å². The number of nitrogens with zero attached hydrogens (tertiary/aromatic N) is 1. The van der Waals surface area contributed by atoms with Gasteiger partial charge in [0.25, 0.3) is 5.91 Å². The molecule has 7 heteroatoms. The van der Waals surface area contributed by atoms with Crippen LogP contribution < -0.4 is 5.14 Å². The minimum absolute atomic E-state index is 0.0693. The van der Waals surface area contributed by atoms with E-state index < -0.39 is 10.0 Å². The van der Waals surface area contributed by atoms with Gasteiger partial charge in [-0.1, -0.05) is 27.7 Å². The van der Waals surface area contributed by atoms with Crippen molar-refractivity contribution in [2.24, 2.45) is 17.0 Å². The molecular formula is C14H24N2O3S2. The zero-order chi connectivity index (χ0) is 16.4. The lowest BCUT2D eigenvalue weighted by Gasteiger charge is -2.26. The molecule has 1 rings (SSSR count). The molecule has 0 aliphatic rings. The average molecular weight is 332 g/mol. The first-order valence-electron chi connectivity index (χ1n) is 6.94. The van der Waals surface area contributed by atoms with Crippen LogP contribution in [0.25, 0.3) is 0 Å². The van der Waals surface area contributed by atoms with E-state index in [-0.39, 0.29) is 10.1 Å². The third kappa shape index (κ3) is 4.79. The molecule has 0 atom stereocenters. The first-order chi connectivity index (χ1) is 9.54. The van der Waals surface area contributed by atoms with Crippen molar-refractivity contribution in [3.8, 4) is 0 Å². The summed E-state index contributed by atoms with van der Waals surface area (Å²) in [6.07, 6.45) is 0. The Morgan fingerprint density at radius 1 is 1.24 bits per heavy atom. The third-order valence-corrected chi connectivity index (χ3v) is 5.62. The molecule has 5 nitrogen and oxygen atoms in total. The van der Waals surface area contributed by atoms with Crippen molar-refractivity contribution in [1.82, 2.24) is 4.90 Å². The van der Waals surface area contributed by atoms with Crippen molar-refractivity contribution in [3.05, 3.63) is 16.5 Å². The summed E-state index contributed by atoms with van der Waals surface area (Å²) in [6, 6.07) is 0. The molecule has 0 aliphatic carbocycles. The summed E-state index contributed by atoms with van der Waals surface area (Å²) in [5.74, 6) is 0.578. The summed E-state index contributed by atoms with van der Waals surface area (Å²) in [7, 11) is -3.77. The molecule has 0 unspecified atom stereocenters. The number of carbonyl (C=O) groups is 1. The monoisotopic (exact) mass is 332 g/mol. The lowest BCUT2D eigenvalue weighted by Crippen LogP contribution is -2.37. The van der Waals surface area contributed by atoms with Gasteiger partial charge < -0.3 is 4.90 Å². The van der Waals surface area contributed by atoms with Crippen molar-refractivity contribution in [3.63, 3.8) is 0 Å². The summed E-state index contributed by atoms with van der Waals surface area (Å²) < 4.78 is 23.0. The first-order valence-corrected chi connectivity index (χ1v) is 9.36. The van der Waals surface area contributed by atoms with Crippen molar-refractivity contribution >= 4 is 27.3 Å². The van der Waals surface area contributed by atoms with E-state index in [0.29, 0.717) is 36.1 Å². The van der Waals surface area contributed by atoms with Gasteiger partial charge in [0.2, 0.25) is 10.0 Å². The highest BCUT2D eigenvalue weighted by atomic mass is 32.2. The second kappa shape index (κ2) is 6.89. The Labute approximate surface area is 131 Å². The second-order valence-electron chi connectivity index (χ2n) is 6.10. The minimum Gasteiger partial charge on any atom is -0.338 e. The van der Waals surface area contributed by atoms with Crippen LogP contribution in [0.2, 0.25) is 0 Å². The average Bonchev–Trinajstić information content (AvgIpc) is 2.67. The summed E-state index contributed by atoms with van der Waals surface area (Å²) >= 11 is 1.01. The Morgan fingerprint density at radius 3 is 2.05 bits per heavy atom. The Morgan fingerprint density at radius 2 is 1.71 bits per heavy atom. The van der Waals surface area contributed by atoms with Crippen molar-refractivity contribution < 1.29 is 13.2 Å². The van der Waals surface area contributed by atoms with Gasteiger partial charge in [0.05, 0.1) is 5.56 Å². The van der Waals surface area contributed by atoms with Crippen LogP contribution in [0.1, 0.15) is 43.6 Å². The molecule has 1 aromatic heterocycles. The highest BCUT2D eigenvalue weighted by molar-refractivity contribution is 7.91. The van der Waals surface area contributed by atoms with Gasteiger partial charge in [-0.25, -0.2) is 13.6 Å². The zero-order valence-electron chi connectivity index (χ0n) is 13.2. The number of carbonyl (C=O) groups excluding carboxylic acids is 1. The van der Waals surface area contributed by atoms with E-state index in [1.807, 2.05) is 0 Å². The largest absolute Gasteiger partial charge is 0.338 e. The quantitative estimate of drug-likeness (QED) is 0.869. The maximum absolute atomic E-state index is 12.7. The number of primary sulfonamides is 1. The normalized spacial score (nSPS) is 12.2. The SMILES string of the molecule is Cc1c(C(=O)N(CC(C)C)CC(C)C)csc1S(N)(=O)=O. The van der Waals surface area contributed by atoms with E-state index >= 15 is 0 Å².